The molecule has 0 aromatic carbocycles. The molecule has 0 aliphatic carbocycles. The minimum atomic E-state index is -3.10. The van der Waals surface area contributed by atoms with E-state index in [4.69, 9.17) is 15.7 Å². The topological polar surface area (TPSA) is 136 Å². The van der Waals surface area contributed by atoms with Gasteiger partial charge in [0.05, 0.1) is 0 Å². The van der Waals surface area contributed by atoms with E-state index in [1.807, 2.05) is 0 Å². The molecule has 0 aromatic heterocycles. The maximum atomic E-state index is 10.6. The van der Waals surface area contributed by atoms with Crippen LogP contribution in [0.4, 0.5) is 0 Å². The lowest BCUT2D eigenvalue weighted by atomic mass is 10.2. The van der Waals surface area contributed by atoms with E-state index in [2.05, 4.69) is 0 Å². The van der Waals surface area contributed by atoms with Crippen LogP contribution in [-0.2, 0) is 9.36 Å². The van der Waals surface area contributed by atoms with Crippen molar-refractivity contribution >= 4 is 13.3 Å². The molecule has 0 rings (SSSR count). The van der Waals surface area contributed by atoms with E-state index < -0.39 is 19.4 Å². The summed E-state index contributed by atoms with van der Waals surface area (Å²) in [7, 11) is -3.10. The van der Waals surface area contributed by atoms with E-state index in [1.165, 1.54) is 6.66 Å². The fourth-order valence-electron chi connectivity index (χ4n) is 0.502. The number of hydrogen-bond donors (Lipinski definition) is 4. The fourth-order valence-corrected chi connectivity index (χ4v) is 1.26. The monoisotopic (exact) mass is 198 g/mol. The fraction of sp³-hybridized carbons (Fsp3) is 0.800. The first-order valence-corrected chi connectivity index (χ1v) is 5.40. The molecule has 0 heterocycles. The highest BCUT2D eigenvalue weighted by molar-refractivity contribution is 7.57. The van der Waals surface area contributed by atoms with Crippen LogP contribution < -0.4 is 11.9 Å². The van der Waals surface area contributed by atoms with E-state index in [-0.39, 0.29) is 18.7 Å². The Kier molecular flexibility index (Phi) is 6.20. The molecule has 0 radical (unpaired) electrons. The van der Waals surface area contributed by atoms with Crippen LogP contribution in [-0.4, -0.2) is 34.8 Å². The van der Waals surface area contributed by atoms with Crippen molar-refractivity contribution in [1.82, 2.24) is 6.15 Å². The molecule has 0 spiro atoms. The Labute approximate surface area is 70.8 Å². The molecular formula is C5H15N2O4P. The second kappa shape index (κ2) is 5.27. The molecular weight excluding hydrogens is 183 g/mol. The van der Waals surface area contributed by atoms with Gasteiger partial charge in [0.15, 0.2) is 7.37 Å². The highest BCUT2D eigenvalue weighted by Crippen LogP contribution is 2.35. The number of nitrogens with two attached hydrogens (primary N) is 1. The summed E-state index contributed by atoms with van der Waals surface area (Å²) in [6.07, 6.45) is 0.0000772. The van der Waals surface area contributed by atoms with Crippen LogP contribution in [0, 0.1) is 0 Å². The molecule has 0 saturated heterocycles. The SMILES string of the molecule is CP(=O)(O)CC[C@@H](N)C(=O)O.N. The zero-order valence-corrected chi connectivity index (χ0v) is 7.83. The summed E-state index contributed by atoms with van der Waals surface area (Å²) in [4.78, 5) is 18.9. The predicted molar refractivity (Wildman–Crippen MR) is 45.9 cm³/mol. The first kappa shape index (κ1) is 14.1. The number of rotatable bonds is 4. The largest absolute Gasteiger partial charge is 0.480 e. The lowest BCUT2D eigenvalue weighted by molar-refractivity contribution is -0.138. The average molecular weight is 198 g/mol. The van der Waals surface area contributed by atoms with Crippen molar-refractivity contribution < 1.29 is 19.4 Å². The molecule has 0 aromatic rings. The van der Waals surface area contributed by atoms with Gasteiger partial charge in [-0.3, -0.25) is 9.36 Å². The van der Waals surface area contributed by atoms with Crippen molar-refractivity contribution in [2.75, 3.05) is 12.8 Å². The molecule has 74 valence electrons. The average Bonchev–Trinajstić information content (AvgIpc) is 1.80. The summed E-state index contributed by atoms with van der Waals surface area (Å²) in [6, 6.07) is -1.03. The second-order valence-corrected chi connectivity index (χ2v) is 5.06. The summed E-state index contributed by atoms with van der Waals surface area (Å²) in [5.74, 6) is -1.14. The molecule has 7 N–H and O–H groups in total. The molecule has 1 unspecified atom stereocenters. The van der Waals surface area contributed by atoms with Crippen molar-refractivity contribution in [2.24, 2.45) is 5.73 Å². The Balaban J connectivity index is 0. The van der Waals surface area contributed by atoms with Crippen LogP contribution in [0.3, 0.4) is 0 Å². The lowest BCUT2D eigenvalue weighted by Gasteiger charge is -2.07. The molecule has 0 aliphatic rings. The molecule has 0 saturated carbocycles. The first-order valence-electron chi connectivity index (χ1n) is 3.10. The van der Waals surface area contributed by atoms with E-state index in [1.54, 1.807) is 0 Å². The van der Waals surface area contributed by atoms with Gasteiger partial charge in [-0.1, -0.05) is 0 Å². The summed E-state index contributed by atoms with van der Waals surface area (Å²) >= 11 is 0. The lowest BCUT2D eigenvalue weighted by Crippen LogP contribution is -2.30. The zero-order valence-electron chi connectivity index (χ0n) is 6.93. The van der Waals surface area contributed by atoms with Gasteiger partial charge in [-0.15, -0.1) is 0 Å². The standard InChI is InChI=1S/C5H12NO4P.H3N/c1-11(9,10)3-2-4(6)5(7)8;/h4H,2-3,6H2,1H3,(H,7,8)(H,9,10);1H3/t4-;/m1./s1. The quantitative estimate of drug-likeness (QED) is 0.464. The molecule has 0 aliphatic heterocycles. The predicted octanol–water partition coefficient (Wildman–Crippen LogP) is -0.149. The minimum absolute atomic E-state index is 0. The van der Waals surface area contributed by atoms with Gasteiger partial charge in [0.25, 0.3) is 0 Å². The highest BCUT2D eigenvalue weighted by atomic mass is 31.2. The van der Waals surface area contributed by atoms with Crippen LogP contribution in [0.1, 0.15) is 6.42 Å². The molecule has 12 heavy (non-hydrogen) atoms. The Hall–Kier alpha value is -0.420. The van der Waals surface area contributed by atoms with Gasteiger partial charge < -0.3 is 21.9 Å². The number of aliphatic carboxylic acids is 1. The summed E-state index contributed by atoms with van der Waals surface area (Å²) in [6.45, 7) is 1.18. The maximum absolute atomic E-state index is 10.6. The van der Waals surface area contributed by atoms with E-state index in [9.17, 15) is 9.36 Å². The van der Waals surface area contributed by atoms with Crippen molar-refractivity contribution in [1.29, 1.82) is 0 Å². The number of carboxylic acids is 1. The van der Waals surface area contributed by atoms with Crippen LogP contribution >= 0.6 is 7.37 Å². The molecule has 0 bridgehead atoms. The number of carbonyl (C=O) groups is 1. The Morgan fingerprint density at radius 1 is 1.67 bits per heavy atom. The number of hydrogen-bond acceptors (Lipinski definition) is 4. The smallest absolute Gasteiger partial charge is 0.320 e. The molecule has 6 nitrogen and oxygen atoms in total. The van der Waals surface area contributed by atoms with Gasteiger partial charge in [0, 0.05) is 12.8 Å². The van der Waals surface area contributed by atoms with Crippen LogP contribution in [0.15, 0.2) is 0 Å². The summed E-state index contributed by atoms with van der Waals surface area (Å²) in [5, 5.41) is 8.28. The zero-order chi connectivity index (χ0) is 9.07. The Morgan fingerprint density at radius 3 is 2.33 bits per heavy atom. The van der Waals surface area contributed by atoms with E-state index >= 15 is 0 Å². The number of carboxylic acid groups (broad SMARTS) is 1. The third-order valence-corrected chi connectivity index (χ3v) is 2.26. The third kappa shape index (κ3) is 7.68. The van der Waals surface area contributed by atoms with Gasteiger partial charge in [-0.05, 0) is 6.42 Å². The maximum Gasteiger partial charge on any atom is 0.320 e. The minimum Gasteiger partial charge on any atom is -0.480 e. The Bertz CT molecular complexity index is 190. The van der Waals surface area contributed by atoms with Gasteiger partial charge in [-0.2, -0.15) is 0 Å². The molecule has 0 amide bonds. The van der Waals surface area contributed by atoms with Crippen molar-refractivity contribution in [3.63, 3.8) is 0 Å². The van der Waals surface area contributed by atoms with Crippen molar-refractivity contribution in [3.05, 3.63) is 0 Å². The van der Waals surface area contributed by atoms with Crippen molar-refractivity contribution in [3.8, 4) is 0 Å². The van der Waals surface area contributed by atoms with Crippen molar-refractivity contribution in [2.45, 2.75) is 12.5 Å². The van der Waals surface area contributed by atoms with Gasteiger partial charge in [0.2, 0.25) is 0 Å². The normalized spacial score (nSPS) is 17.2. The second-order valence-electron chi connectivity index (χ2n) is 2.51. The molecule has 7 heteroatoms. The van der Waals surface area contributed by atoms with Gasteiger partial charge in [-0.25, -0.2) is 0 Å². The van der Waals surface area contributed by atoms with Crippen LogP contribution in [0.5, 0.6) is 0 Å². The van der Waals surface area contributed by atoms with E-state index in [0.29, 0.717) is 0 Å². The molecule has 0 fully saturated rings. The Morgan fingerprint density at radius 2 is 2.08 bits per heavy atom. The van der Waals surface area contributed by atoms with E-state index in [0.717, 1.165) is 0 Å². The third-order valence-electron chi connectivity index (χ3n) is 1.17. The first-order chi connectivity index (χ1) is 4.83. The van der Waals surface area contributed by atoms with Gasteiger partial charge >= 0.3 is 5.97 Å². The summed E-state index contributed by atoms with van der Waals surface area (Å²) in [5.41, 5.74) is 5.09. The van der Waals surface area contributed by atoms with Crippen LogP contribution in [0.25, 0.3) is 0 Å². The highest BCUT2D eigenvalue weighted by Gasteiger charge is 2.16. The molecule has 2 atom stereocenters. The van der Waals surface area contributed by atoms with Crippen LogP contribution in [0.2, 0.25) is 0 Å². The summed E-state index contributed by atoms with van der Waals surface area (Å²) < 4.78 is 10.6. The van der Waals surface area contributed by atoms with Gasteiger partial charge in [0.1, 0.15) is 6.04 Å².